The van der Waals surface area contributed by atoms with Crippen molar-refractivity contribution in [2.75, 3.05) is 16.3 Å². The quantitative estimate of drug-likeness (QED) is 0.0317. The number of ketones is 2. The van der Waals surface area contributed by atoms with E-state index in [1.54, 1.807) is 18.2 Å². The van der Waals surface area contributed by atoms with E-state index in [1.165, 1.54) is 24.6 Å². The lowest BCUT2D eigenvalue weighted by atomic mass is 10.2. The summed E-state index contributed by atoms with van der Waals surface area (Å²) in [5.74, 6) is 4.85. The molecule has 7 N–H and O–H groups in total. The lowest BCUT2D eigenvalue weighted by Gasteiger charge is -2.06. The van der Waals surface area contributed by atoms with Gasteiger partial charge >= 0.3 is 0 Å². The molecule has 5 aromatic carbocycles. The van der Waals surface area contributed by atoms with Crippen molar-refractivity contribution in [2.24, 2.45) is 16.0 Å². The summed E-state index contributed by atoms with van der Waals surface area (Å²) in [7, 11) is 0. The first-order valence-electron chi connectivity index (χ1n) is 22.5. The van der Waals surface area contributed by atoms with Crippen LogP contribution in [0.2, 0.25) is 0 Å². The number of nitrogen functional groups attached to an aromatic ring is 1. The van der Waals surface area contributed by atoms with Gasteiger partial charge in [0.05, 0.1) is 57.0 Å². The Hall–Kier alpha value is -9.33. The Balaban J connectivity index is 0.000000150. The molecule has 0 unspecified atom stereocenters. The summed E-state index contributed by atoms with van der Waals surface area (Å²) in [6.07, 6.45) is 0. The summed E-state index contributed by atoms with van der Waals surface area (Å²) in [5, 5.41) is 11.2. The van der Waals surface area contributed by atoms with Crippen LogP contribution in [0, 0.1) is 0 Å². The Morgan fingerprint density at radius 3 is 1.16 bits per heavy atom. The SMILES string of the molecule is C/C(=N\Nc1ccccc1)c1cccc(/C(C)=N/Nc2ccccc2)n1.CC(=O)c1cccc(C(C)=O)n1.NNc1ccccc1.c1cc(-c2cc3ccccc3[nH]2)nc(-c2cc3ccccc3[nH]2)c1. The molecule has 0 spiro atoms. The van der Waals surface area contributed by atoms with Gasteiger partial charge in [-0.3, -0.25) is 26.3 Å². The first-order valence-corrected chi connectivity index (χ1v) is 22.5. The molecule has 0 saturated carbocycles. The van der Waals surface area contributed by atoms with Gasteiger partial charge in [0.1, 0.15) is 11.4 Å². The summed E-state index contributed by atoms with van der Waals surface area (Å²) < 4.78 is 0. The molecular weight excluding hydrogens is 871 g/mol. The van der Waals surface area contributed by atoms with Crippen LogP contribution in [0.1, 0.15) is 60.1 Å². The molecule has 10 rings (SSSR count). The van der Waals surface area contributed by atoms with E-state index in [4.69, 9.17) is 10.8 Å². The van der Waals surface area contributed by atoms with Crippen molar-refractivity contribution < 1.29 is 9.59 Å². The molecule has 13 nitrogen and oxygen atoms in total. The molecular formula is C57H53N11O2. The number of hydrazone groups is 2. The number of carbonyl (C=O) groups is 2. The number of hydrogen-bond acceptors (Lipinski definition) is 11. The molecule has 5 aromatic heterocycles. The molecule has 0 aliphatic heterocycles. The third-order valence-electron chi connectivity index (χ3n) is 10.5. The zero-order valence-corrected chi connectivity index (χ0v) is 39.3. The monoisotopic (exact) mass is 923 g/mol. The zero-order chi connectivity index (χ0) is 49.1. The highest BCUT2D eigenvalue weighted by Crippen LogP contribution is 2.27. The summed E-state index contributed by atoms with van der Waals surface area (Å²) >= 11 is 0. The van der Waals surface area contributed by atoms with E-state index in [0.29, 0.717) is 11.4 Å². The Bertz CT molecular complexity index is 3090. The predicted octanol–water partition coefficient (Wildman–Crippen LogP) is 12.6. The number of benzene rings is 5. The number of aromatic nitrogens is 5. The molecule has 10 aromatic rings. The van der Waals surface area contributed by atoms with Crippen molar-refractivity contribution in [3.63, 3.8) is 0 Å². The van der Waals surface area contributed by atoms with Crippen LogP contribution in [0.15, 0.2) is 216 Å². The van der Waals surface area contributed by atoms with E-state index < -0.39 is 0 Å². The molecule has 0 aliphatic carbocycles. The summed E-state index contributed by atoms with van der Waals surface area (Å²) in [6.45, 7) is 6.70. The smallest absolute Gasteiger partial charge is 0.178 e. The van der Waals surface area contributed by atoms with Crippen LogP contribution in [0.4, 0.5) is 17.1 Å². The zero-order valence-electron chi connectivity index (χ0n) is 39.3. The first kappa shape index (κ1) is 48.6. The van der Waals surface area contributed by atoms with E-state index in [1.807, 2.05) is 159 Å². The number of aromatic amines is 2. The molecule has 0 radical (unpaired) electrons. The number of rotatable bonds is 11. The largest absolute Gasteiger partial charge is 0.353 e. The average Bonchev–Trinajstić information content (AvgIpc) is 4.07. The highest BCUT2D eigenvalue weighted by atomic mass is 16.1. The number of anilines is 3. The van der Waals surface area contributed by atoms with E-state index in [0.717, 1.165) is 73.7 Å². The number of nitrogens with zero attached hydrogens (tertiary/aromatic N) is 5. The number of fused-ring (bicyclic) bond motifs is 2. The van der Waals surface area contributed by atoms with Gasteiger partial charge < -0.3 is 15.4 Å². The maximum Gasteiger partial charge on any atom is 0.178 e. The van der Waals surface area contributed by atoms with Gasteiger partial charge in [0.2, 0.25) is 0 Å². The van der Waals surface area contributed by atoms with E-state index in [-0.39, 0.29) is 11.6 Å². The van der Waals surface area contributed by atoms with Gasteiger partial charge in [-0.1, -0.05) is 109 Å². The summed E-state index contributed by atoms with van der Waals surface area (Å²) in [6, 6.07) is 66.9. The minimum atomic E-state index is -0.127. The standard InChI is InChI=1S/C21H21N5.C21H15N3.C9H9NO2.C6H8N2/c1-16(23-25-18-10-5-3-6-11-18)20-14-9-15-21(22-20)17(2)24-26-19-12-7-4-8-13-19;1-3-8-16-14(6-1)12-20(22-16)18-10-5-11-19(24-18)21-13-15-7-2-4-9-17(15)23-21;1-6(11)8-4-3-5-9(10-8)7(2)12;7-8-6-4-2-1-3-5-6/h3-15,25-26H,1-2H3;1-13,22-23H;3-5H,1-2H3;1-5,8H,7H2/b23-16+,24-17+;;;. The number of hydrogen-bond donors (Lipinski definition) is 6. The third kappa shape index (κ3) is 13.9. The first-order chi connectivity index (χ1) is 34.1. The average molecular weight is 924 g/mol. The van der Waals surface area contributed by atoms with Gasteiger partial charge in [0.25, 0.3) is 0 Å². The minimum absolute atomic E-state index is 0.127. The fraction of sp³-hybridized carbons (Fsp3) is 0.0702. The van der Waals surface area contributed by atoms with Crippen molar-refractivity contribution in [3.05, 3.63) is 229 Å². The number of nitrogens with two attached hydrogens (primary N) is 1. The highest BCUT2D eigenvalue weighted by molar-refractivity contribution is 6.01. The van der Waals surface area contributed by atoms with Crippen LogP contribution in [0.25, 0.3) is 44.6 Å². The number of Topliss-reactive ketones (excluding diaryl/α,β-unsaturated/α-hetero) is 2. The Morgan fingerprint density at radius 2 is 0.771 bits per heavy atom. The van der Waals surface area contributed by atoms with Gasteiger partial charge in [0, 0.05) is 41.3 Å². The fourth-order valence-electron chi connectivity index (χ4n) is 6.79. The van der Waals surface area contributed by atoms with E-state index in [2.05, 4.69) is 88.9 Å². The van der Waals surface area contributed by atoms with Gasteiger partial charge in [-0.05, 0) is 111 Å². The van der Waals surface area contributed by atoms with Crippen molar-refractivity contribution in [2.45, 2.75) is 27.7 Å². The predicted molar refractivity (Wildman–Crippen MR) is 286 cm³/mol. The lowest BCUT2D eigenvalue weighted by molar-refractivity contribution is 0.100. The van der Waals surface area contributed by atoms with Gasteiger partial charge in [0.15, 0.2) is 11.6 Å². The van der Waals surface area contributed by atoms with Gasteiger partial charge in [-0.15, -0.1) is 0 Å². The van der Waals surface area contributed by atoms with Crippen LogP contribution in [0.5, 0.6) is 0 Å². The molecule has 0 amide bonds. The molecule has 13 heteroatoms. The number of pyridine rings is 3. The normalized spacial score (nSPS) is 10.9. The van der Waals surface area contributed by atoms with E-state index >= 15 is 0 Å². The van der Waals surface area contributed by atoms with Crippen LogP contribution < -0.4 is 22.1 Å². The van der Waals surface area contributed by atoms with Crippen molar-refractivity contribution in [3.8, 4) is 22.8 Å². The number of hydrazine groups is 1. The third-order valence-corrected chi connectivity index (χ3v) is 10.5. The summed E-state index contributed by atoms with van der Waals surface area (Å²) in [5.41, 5.74) is 21.5. The molecule has 0 fully saturated rings. The maximum absolute atomic E-state index is 10.8. The molecule has 0 aliphatic rings. The van der Waals surface area contributed by atoms with Gasteiger partial charge in [-0.2, -0.15) is 10.2 Å². The second kappa shape index (κ2) is 24.4. The van der Waals surface area contributed by atoms with Crippen LogP contribution >= 0.6 is 0 Å². The molecule has 0 saturated heterocycles. The molecule has 0 atom stereocenters. The molecule has 0 bridgehead atoms. The molecule has 5 heterocycles. The number of para-hydroxylation sites is 5. The van der Waals surface area contributed by atoms with Crippen molar-refractivity contribution in [1.29, 1.82) is 0 Å². The fourth-order valence-corrected chi connectivity index (χ4v) is 6.79. The Morgan fingerprint density at radius 1 is 0.414 bits per heavy atom. The molecule has 70 heavy (non-hydrogen) atoms. The van der Waals surface area contributed by atoms with Crippen molar-refractivity contribution >= 4 is 61.9 Å². The van der Waals surface area contributed by atoms with Crippen molar-refractivity contribution in [1.82, 2.24) is 24.9 Å². The van der Waals surface area contributed by atoms with E-state index in [9.17, 15) is 9.59 Å². The van der Waals surface area contributed by atoms with Crippen LogP contribution in [-0.2, 0) is 0 Å². The van der Waals surface area contributed by atoms with Gasteiger partial charge in [-0.25, -0.2) is 15.0 Å². The maximum atomic E-state index is 10.8. The second-order valence-electron chi connectivity index (χ2n) is 15.7. The summed E-state index contributed by atoms with van der Waals surface area (Å²) in [4.78, 5) is 42.0. The van der Waals surface area contributed by atoms with Crippen LogP contribution in [-0.4, -0.2) is 47.9 Å². The number of H-pyrrole nitrogens is 2. The number of carbonyl (C=O) groups excluding carboxylic acids is 2. The Kier molecular flexibility index (Phi) is 17.0. The minimum Gasteiger partial charge on any atom is -0.353 e. The molecule has 348 valence electrons. The highest BCUT2D eigenvalue weighted by Gasteiger charge is 2.09. The second-order valence-corrected chi connectivity index (χ2v) is 15.7. The van der Waals surface area contributed by atoms with Crippen LogP contribution in [0.3, 0.4) is 0 Å². The lowest BCUT2D eigenvalue weighted by Crippen LogP contribution is -2.08. The number of nitrogens with one attached hydrogen (secondary N) is 5. The topological polar surface area (TPSA) is 191 Å². The Labute approximate surface area is 406 Å².